The zero-order chi connectivity index (χ0) is 22.7. The molecule has 2 N–H and O–H groups in total. The van der Waals surface area contributed by atoms with Gasteiger partial charge < -0.3 is 19.8 Å². The normalized spacial score (nSPS) is 18.0. The summed E-state index contributed by atoms with van der Waals surface area (Å²) >= 11 is 11.6. The summed E-state index contributed by atoms with van der Waals surface area (Å²) in [5.74, 6) is -0.445. The van der Waals surface area contributed by atoms with E-state index in [1.165, 1.54) is 12.1 Å². The van der Waals surface area contributed by atoms with E-state index >= 15 is 0 Å². The Labute approximate surface area is 194 Å². The Morgan fingerprint density at radius 1 is 1.12 bits per heavy atom. The van der Waals surface area contributed by atoms with Crippen LogP contribution in [0.5, 0.6) is 5.75 Å². The van der Waals surface area contributed by atoms with Crippen LogP contribution in [0.2, 0.25) is 10.0 Å². The quantitative estimate of drug-likeness (QED) is 0.502. The first-order chi connectivity index (χ1) is 15.4. The maximum absolute atomic E-state index is 13.4. The first-order valence-electron chi connectivity index (χ1n) is 10.2. The number of carbonyl (C=O) groups is 2. The maximum Gasteiger partial charge on any atom is 0.287 e. The van der Waals surface area contributed by atoms with E-state index in [1.54, 1.807) is 24.3 Å². The van der Waals surface area contributed by atoms with Crippen LogP contribution in [0.3, 0.4) is 0 Å². The van der Waals surface area contributed by atoms with Crippen LogP contribution in [0.4, 0.5) is 4.39 Å². The fourth-order valence-electron chi connectivity index (χ4n) is 3.80. The van der Waals surface area contributed by atoms with E-state index in [0.717, 1.165) is 30.7 Å². The monoisotopic (exact) mass is 478 g/mol. The smallest absolute Gasteiger partial charge is 0.287 e. The van der Waals surface area contributed by atoms with Crippen LogP contribution in [0.25, 0.3) is 11.0 Å². The van der Waals surface area contributed by atoms with Gasteiger partial charge in [-0.3, -0.25) is 9.59 Å². The summed E-state index contributed by atoms with van der Waals surface area (Å²) in [7, 11) is 0. The van der Waals surface area contributed by atoms with E-state index in [4.69, 9.17) is 32.4 Å². The molecule has 1 saturated carbocycles. The Kier molecular flexibility index (Phi) is 6.86. The van der Waals surface area contributed by atoms with Gasteiger partial charge >= 0.3 is 0 Å². The van der Waals surface area contributed by atoms with Crippen molar-refractivity contribution in [2.75, 3.05) is 13.2 Å². The molecule has 0 saturated heterocycles. The van der Waals surface area contributed by atoms with E-state index in [2.05, 4.69) is 10.6 Å². The van der Waals surface area contributed by atoms with Crippen LogP contribution < -0.4 is 15.4 Å². The first-order valence-corrected chi connectivity index (χ1v) is 11.0. The first kappa shape index (κ1) is 22.4. The number of ether oxygens (including phenoxy) is 1. The molecule has 0 bridgehead atoms. The third kappa shape index (κ3) is 5.53. The molecule has 1 aliphatic rings. The highest BCUT2D eigenvalue weighted by Crippen LogP contribution is 2.27. The third-order valence-corrected chi connectivity index (χ3v) is 5.97. The van der Waals surface area contributed by atoms with Crippen LogP contribution in [0.15, 0.2) is 46.9 Å². The van der Waals surface area contributed by atoms with Crippen LogP contribution >= 0.6 is 23.2 Å². The van der Waals surface area contributed by atoms with E-state index in [1.807, 2.05) is 0 Å². The average Bonchev–Trinajstić information content (AvgIpc) is 3.39. The van der Waals surface area contributed by atoms with Gasteiger partial charge in [-0.1, -0.05) is 23.2 Å². The van der Waals surface area contributed by atoms with Crippen molar-refractivity contribution in [3.8, 4) is 5.75 Å². The van der Waals surface area contributed by atoms with Gasteiger partial charge in [0.2, 0.25) is 0 Å². The van der Waals surface area contributed by atoms with Gasteiger partial charge in [0.05, 0.1) is 5.02 Å². The zero-order valence-corrected chi connectivity index (χ0v) is 18.5. The molecule has 168 valence electrons. The number of hydrogen-bond donors (Lipinski definition) is 2. The van der Waals surface area contributed by atoms with Crippen molar-refractivity contribution in [2.45, 2.75) is 25.3 Å². The Morgan fingerprint density at radius 2 is 1.97 bits per heavy atom. The summed E-state index contributed by atoms with van der Waals surface area (Å²) < 4.78 is 24.3. The predicted octanol–water partition coefficient (Wildman–Crippen LogP) is 4.97. The highest BCUT2D eigenvalue weighted by Gasteiger charge is 2.27. The van der Waals surface area contributed by atoms with Crippen molar-refractivity contribution < 1.29 is 23.1 Å². The Bertz CT molecular complexity index is 1150. The number of furan rings is 1. The summed E-state index contributed by atoms with van der Waals surface area (Å²) in [5, 5.41) is 7.17. The van der Waals surface area contributed by atoms with Crippen LogP contribution in [-0.4, -0.2) is 31.0 Å². The Hall–Kier alpha value is -2.77. The number of benzene rings is 2. The number of nitrogens with one attached hydrogen (secondary N) is 2. The number of carbonyl (C=O) groups excluding carboxylic acids is 2. The molecule has 2 atom stereocenters. The molecule has 3 aromatic rings. The van der Waals surface area contributed by atoms with Crippen LogP contribution in [0.1, 0.15) is 29.8 Å². The molecule has 2 unspecified atom stereocenters. The van der Waals surface area contributed by atoms with Crippen molar-refractivity contribution in [1.82, 2.24) is 10.6 Å². The SMILES string of the molecule is O=C(COc1ccc(Cl)c(F)c1)NCC1CCC(NC(=O)c2cc3cc(Cl)ccc3o2)C1. The summed E-state index contributed by atoms with van der Waals surface area (Å²) in [6.07, 6.45) is 2.45. The lowest BCUT2D eigenvalue weighted by Gasteiger charge is -2.14. The second kappa shape index (κ2) is 9.79. The van der Waals surface area contributed by atoms with Gasteiger partial charge in [-0.2, -0.15) is 0 Å². The number of hydrogen-bond acceptors (Lipinski definition) is 4. The fourth-order valence-corrected chi connectivity index (χ4v) is 4.10. The number of fused-ring (bicyclic) bond motifs is 1. The molecule has 1 aromatic heterocycles. The average molecular weight is 479 g/mol. The molecule has 1 fully saturated rings. The molecule has 6 nitrogen and oxygen atoms in total. The number of rotatable bonds is 7. The van der Waals surface area contributed by atoms with Gasteiger partial charge in [0.15, 0.2) is 12.4 Å². The molecule has 0 spiro atoms. The molecular weight excluding hydrogens is 458 g/mol. The van der Waals surface area contributed by atoms with Crippen molar-refractivity contribution in [3.05, 3.63) is 64.1 Å². The van der Waals surface area contributed by atoms with Crippen molar-refractivity contribution >= 4 is 46.0 Å². The second-order valence-electron chi connectivity index (χ2n) is 7.81. The molecule has 1 aliphatic carbocycles. The summed E-state index contributed by atoms with van der Waals surface area (Å²) in [4.78, 5) is 24.6. The molecule has 2 aromatic carbocycles. The molecule has 2 amide bonds. The van der Waals surface area contributed by atoms with Crippen LogP contribution in [0, 0.1) is 11.7 Å². The van der Waals surface area contributed by atoms with Crippen molar-refractivity contribution in [1.29, 1.82) is 0 Å². The number of amides is 2. The minimum absolute atomic E-state index is 0.00519. The fraction of sp³-hybridized carbons (Fsp3) is 0.304. The second-order valence-corrected chi connectivity index (χ2v) is 8.65. The standard InChI is InChI=1S/C23H21Cl2FN2O4/c24-15-2-6-20-14(8-15)9-21(32-20)23(30)28-16-3-1-13(7-16)11-27-22(29)12-31-17-4-5-18(25)19(26)10-17/h2,4-6,8-10,13,16H,1,3,7,11-12H2,(H,27,29)(H,28,30). The van der Waals surface area contributed by atoms with Crippen molar-refractivity contribution in [3.63, 3.8) is 0 Å². The van der Waals surface area contributed by atoms with E-state index < -0.39 is 5.82 Å². The maximum atomic E-state index is 13.4. The minimum Gasteiger partial charge on any atom is -0.484 e. The predicted molar refractivity (Wildman–Crippen MR) is 120 cm³/mol. The minimum atomic E-state index is -0.602. The molecule has 0 aliphatic heterocycles. The van der Waals surface area contributed by atoms with Gasteiger partial charge in [-0.15, -0.1) is 0 Å². The highest BCUT2D eigenvalue weighted by molar-refractivity contribution is 6.31. The van der Waals surface area contributed by atoms with Gasteiger partial charge in [0.25, 0.3) is 11.8 Å². The lowest BCUT2D eigenvalue weighted by Crippen LogP contribution is -2.35. The molecule has 32 heavy (non-hydrogen) atoms. The van der Waals surface area contributed by atoms with Crippen LogP contribution in [-0.2, 0) is 4.79 Å². The Morgan fingerprint density at radius 3 is 2.78 bits per heavy atom. The topological polar surface area (TPSA) is 80.6 Å². The van der Waals surface area contributed by atoms with Gasteiger partial charge in [0, 0.05) is 29.1 Å². The molecule has 1 heterocycles. The lowest BCUT2D eigenvalue weighted by atomic mass is 10.1. The van der Waals surface area contributed by atoms with E-state index in [9.17, 15) is 14.0 Å². The molecule has 9 heteroatoms. The van der Waals surface area contributed by atoms with Gasteiger partial charge in [-0.25, -0.2) is 4.39 Å². The third-order valence-electron chi connectivity index (χ3n) is 5.43. The van der Waals surface area contributed by atoms with Gasteiger partial charge in [0.1, 0.15) is 17.1 Å². The summed E-state index contributed by atoms with van der Waals surface area (Å²) in [6, 6.07) is 10.9. The van der Waals surface area contributed by atoms with Crippen molar-refractivity contribution in [2.24, 2.45) is 5.92 Å². The molecule has 4 rings (SSSR count). The van der Waals surface area contributed by atoms with E-state index in [-0.39, 0.29) is 46.9 Å². The lowest BCUT2D eigenvalue weighted by molar-refractivity contribution is -0.123. The zero-order valence-electron chi connectivity index (χ0n) is 17.0. The highest BCUT2D eigenvalue weighted by atomic mass is 35.5. The summed E-state index contributed by atoms with van der Waals surface area (Å²) in [5.41, 5.74) is 0.607. The Balaban J connectivity index is 1.20. The van der Waals surface area contributed by atoms with E-state index in [0.29, 0.717) is 17.2 Å². The van der Waals surface area contributed by atoms with Gasteiger partial charge in [-0.05, 0) is 61.6 Å². The largest absolute Gasteiger partial charge is 0.484 e. The number of halogens is 3. The molecular formula is C23H21Cl2FN2O4. The summed E-state index contributed by atoms with van der Waals surface area (Å²) in [6.45, 7) is 0.261. The molecule has 0 radical (unpaired) electrons.